The summed E-state index contributed by atoms with van der Waals surface area (Å²) in [6, 6.07) is 0. The molecule has 2 saturated heterocycles. The third kappa shape index (κ3) is 3.19. The Hall–Kier alpha value is -0.120. The Morgan fingerprint density at radius 2 is 2.00 bits per heavy atom. The topological polar surface area (TPSA) is 31.0 Å². The molecule has 2 fully saturated rings. The molecule has 0 aromatic rings. The van der Waals surface area contributed by atoms with Crippen LogP contribution >= 0.6 is 0 Å². The van der Waals surface area contributed by atoms with Gasteiger partial charge in [0.15, 0.2) is 5.79 Å². The Bertz CT molecular complexity index is 235. The molecule has 16 heavy (non-hydrogen) atoms. The fourth-order valence-corrected chi connectivity index (χ4v) is 2.43. The Morgan fingerprint density at radius 3 is 2.62 bits per heavy atom. The summed E-state index contributed by atoms with van der Waals surface area (Å²) >= 11 is 0. The summed E-state index contributed by atoms with van der Waals surface area (Å²) in [5.74, 6) is 0.659. The van der Waals surface area contributed by atoms with Crippen molar-refractivity contribution in [3.05, 3.63) is 0 Å². The molecule has 2 aliphatic heterocycles. The molecule has 0 spiro atoms. The Morgan fingerprint density at radius 1 is 1.31 bits per heavy atom. The first kappa shape index (κ1) is 12.3. The lowest BCUT2D eigenvalue weighted by Crippen LogP contribution is -2.47. The van der Waals surface area contributed by atoms with Crippen LogP contribution in [0.15, 0.2) is 0 Å². The number of hydrogen-bond acceptors (Lipinski definition) is 3. The standard InChI is InChI=1S/C13H24O3/c1-9(5-6-11-8-14-11)12-10(2)7-15-13(3,4)16-12/h9-12H,5-8H2,1-4H3/t9-,10+,11?,12+/m0/s1. The van der Waals surface area contributed by atoms with E-state index in [1.165, 1.54) is 12.8 Å². The molecule has 94 valence electrons. The van der Waals surface area contributed by atoms with Gasteiger partial charge >= 0.3 is 0 Å². The van der Waals surface area contributed by atoms with Crippen molar-refractivity contribution >= 4 is 0 Å². The van der Waals surface area contributed by atoms with Crippen molar-refractivity contribution < 1.29 is 14.2 Å². The van der Waals surface area contributed by atoms with Crippen molar-refractivity contribution in [3.63, 3.8) is 0 Å². The molecule has 3 nitrogen and oxygen atoms in total. The third-order valence-corrected chi connectivity index (χ3v) is 3.58. The summed E-state index contributed by atoms with van der Waals surface area (Å²) in [6.45, 7) is 10.3. The van der Waals surface area contributed by atoms with Crippen LogP contribution < -0.4 is 0 Å². The van der Waals surface area contributed by atoms with Crippen molar-refractivity contribution in [2.75, 3.05) is 13.2 Å². The highest BCUT2D eigenvalue weighted by molar-refractivity contribution is 4.81. The van der Waals surface area contributed by atoms with Crippen LogP contribution in [0.4, 0.5) is 0 Å². The molecule has 0 radical (unpaired) electrons. The third-order valence-electron chi connectivity index (χ3n) is 3.58. The average Bonchev–Trinajstić information content (AvgIpc) is 3.02. The molecule has 0 aromatic heterocycles. The molecule has 2 rings (SSSR count). The highest BCUT2D eigenvalue weighted by atomic mass is 16.7. The summed E-state index contributed by atoms with van der Waals surface area (Å²) < 4.78 is 16.9. The summed E-state index contributed by atoms with van der Waals surface area (Å²) in [7, 11) is 0. The van der Waals surface area contributed by atoms with Gasteiger partial charge in [0, 0.05) is 5.92 Å². The maximum absolute atomic E-state index is 6.04. The van der Waals surface area contributed by atoms with E-state index in [1.54, 1.807) is 0 Å². The predicted octanol–water partition coefficient (Wildman–Crippen LogP) is 2.59. The Balaban J connectivity index is 1.83. The molecule has 0 saturated carbocycles. The number of ether oxygens (including phenoxy) is 3. The SMILES string of the molecule is C[C@@H]1COC(C)(C)O[C@@H]1[C@@H](C)CCC1CO1. The van der Waals surface area contributed by atoms with Gasteiger partial charge in [0.1, 0.15) is 0 Å². The zero-order valence-corrected chi connectivity index (χ0v) is 10.9. The van der Waals surface area contributed by atoms with Crippen molar-refractivity contribution in [2.24, 2.45) is 11.8 Å². The molecular formula is C13H24O3. The van der Waals surface area contributed by atoms with E-state index in [1.807, 2.05) is 13.8 Å². The monoisotopic (exact) mass is 228 g/mol. The largest absolute Gasteiger partial charge is 0.373 e. The van der Waals surface area contributed by atoms with Crippen LogP contribution in [0.2, 0.25) is 0 Å². The highest BCUT2D eigenvalue weighted by Crippen LogP contribution is 2.32. The van der Waals surface area contributed by atoms with Gasteiger partial charge in [0.05, 0.1) is 25.4 Å². The predicted molar refractivity (Wildman–Crippen MR) is 62.2 cm³/mol. The molecule has 0 aliphatic carbocycles. The molecule has 4 atom stereocenters. The normalized spacial score (nSPS) is 39.4. The van der Waals surface area contributed by atoms with Crippen LogP contribution in [0.25, 0.3) is 0 Å². The second-order valence-electron chi connectivity index (χ2n) is 5.78. The van der Waals surface area contributed by atoms with Crippen LogP contribution in [0.5, 0.6) is 0 Å². The average molecular weight is 228 g/mol. The summed E-state index contributed by atoms with van der Waals surface area (Å²) in [5, 5.41) is 0. The minimum atomic E-state index is -0.415. The quantitative estimate of drug-likeness (QED) is 0.693. The first-order valence-electron chi connectivity index (χ1n) is 6.41. The molecule has 0 amide bonds. The summed E-state index contributed by atoms with van der Waals surface area (Å²) in [6.07, 6.45) is 3.22. The molecule has 2 aliphatic rings. The zero-order chi connectivity index (χ0) is 11.8. The van der Waals surface area contributed by atoms with Crippen molar-refractivity contribution in [1.29, 1.82) is 0 Å². The Labute approximate surface area is 98.4 Å². The van der Waals surface area contributed by atoms with Crippen molar-refractivity contribution in [2.45, 2.75) is 58.5 Å². The fourth-order valence-electron chi connectivity index (χ4n) is 2.43. The van der Waals surface area contributed by atoms with E-state index >= 15 is 0 Å². The highest BCUT2D eigenvalue weighted by Gasteiger charge is 2.37. The molecule has 3 heteroatoms. The minimum absolute atomic E-state index is 0.322. The molecule has 1 unspecified atom stereocenters. The second kappa shape index (κ2) is 4.63. The lowest BCUT2D eigenvalue weighted by atomic mass is 9.88. The molecular weight excluding hydrogens is 204 g/mol. The zero-order valence-electron chi connectivity index (χ0n) is 10.9. The summed E-state index contributed by atoms with van der Waals surface area (Å²) in [4.78, 5) is 0. The van der Waals surface area contributed by atoms with E-state index in [4.69, 9.17) is 14.2 Å². The van der Waals surface area contributed by atoms with E-state index in [0.29, 0.717) is 24.0 Å². The van der Waals surface area contributed by atoms with Gasteiger partial charge in [-0.1, -0.05) is 13.8 Å². The van der Waals surface area contributed by atoms with Crippen LogP contribution in [-0.4, -0.2) is 31.2 Å². The van der Waals surface area contributed by atoms with Crippen molar-refractivity contribution in [1.82, 2.24) is 0 Å². The van der Waals surface area contributed by atoms with Gasteiger partial charge < -0.3 is 14.2 Å². The van der Waals surface area contributed by atoms with Crippen LogP contribution in [-0.2, 0) is 14.2 Å². The maximum atomic E-state index is 6.04. The first-order chi connectivity index (χ1) is 7.48. The van der Waals surface area contributed by atoms with Crippen LogP contribution in [0.3, 0.4) is 0 Å². The molecule has 2 heterocycles. The minimum Gasteiger partial charge on any atom is -0.373 e. The van der Waals surface area contributed by atoms with Crippen LogP contribution in [0, 0.1) is 11.8 Å². The number of hydrogen-bond donors (Lipinski definition) is 0. The first-order valence-corrected chi connectivity index (χ1v) is 6.41. The smallest absolute Gasteiger partial charge is 0.163 e. The van der Waals surface area contributed by atoms with Gasteiger partial charge in [-0.05, 0) is 32.6 Å². The van der Waals surface area contributed by atoms with E-state index in [-0.39, 0.29) is 0 Å². The van der Waals surface area contributed by atoms with Gasteiger partial charge in [-0.3, -0.25) is 0 Å². The van der Waals surface area contributed by atoms with Gasteiger partial charge in [0.2, 0.25) is 0 Å². The molecule has 0 aromatic carbocycles. The number of epoxide rings is 1. The lowest BCUT2D eigenvalue weighted by molar-refractivity contribution is -0.299. The van der Waals surface area contributed by atoms with Crippen LogP contribution in [0.1, 0.15) is 40.5 Å². The van der Waals surface area contributed by atoms with E-state index in [0.717, 1.165) is 13.2 Å². The fraction of sp³-hybridized carbons (Fsp3) is 1.00. The van der Waals surface area contributed by atoms with Crippen molar-refractivity contribution in [3.8, 4) is 0 Å². The summed E-state index contributed by atoms with van der Waals surface area (Å²) in [5.41, 5.74) is 0. The molecule has 0 bridgehead atoms. The maximum Gasteiger partial charge on any atom is 0.163 e. The second-order valence-corrected chi connectivity index (χ2v) is 5.78. The van der Waals surface area contributed by atoms with Gasteiger partial charge in [0.25, 0.3) is 0 Å². The molecule has 0 N–H and O–H groups in total. The Kier molecular flexibility index (Phi) is 3.57. The van der Waals surface area contributed by atoms with Gasteiger partial charge in [-0.25, -0.2) is 0 Å². The van der Waals surface area contributed by atoms with E-state index in [9.17, 15) is 0 Å². The van der Waals surface area contributed by atoms with E-state index < -0.39 is 5.79 Å². The van der Waals surface area contributed by atoms with Gasteiger partial charge in [-0.2, -0.15) is 0 Å². The van der Waals surface area contributed by atoms with Gasteiger partial charge in [-0.15, -0.1) is 0 Å². The number of rotatable bonds is 4. The lowest BCUT2D eigenvalue weighted by Gasteiger charge is -2.42. The van der Waals surface area contributed by atoms with E-state index in [2.05, 4.69) is 13.8 Å².